The third-order valence-electron chi connectivity index (χ3n) is 3.24. The normalized spacial score (nSPS) is 17.2. The fraction of sp³-hybridized carbons (Fsp3) is 0.500. The lowest BCUT2D eigenvalue weighted by molar-refractivity contribution is 0.519. The van der Waals surface area contributed by atoms with E-state index in [2.05, 4.69) is 4.72 Å². The molecule has 0 saturated heterocycles. The van der Waals surface area contributed by atoms with Crippen LogP contribution in [0.25, 0.3) is 0 Å². The van der Waals surface area contributed by atoms with Gasteiger partial charge in [0.05, 0.1) is 14.9 Å². The lowest BCUT2D eigenvalue weighted by Crippen LogP contribution is -2.28. The number of hydrogen-bond acceptors (Lipinski definition) is 2. The summed E-state index contributed by atoms with van der Waals surface area (Å²) in [6.07, 6.45) is 4.59. The van der Waals surface area contributed by atoms with Gasteiger partial charge in [0.2, 0.25) is 10.0 Å². The fourth-order valence-corrected chi connectivity index (χ4v) is 3.67. The summed E-state index contributed by atoms with van der Waals surface area (Å²) < 4.78 is 26.7. The number of halogens is 2. The topological polar surface area (TPSA) is 46.2 Å². The minimum absolute atomic E-state index is 0.162. The molecule has 18 heavy (non-hydrogen) atoms. The lowest BCUT2D eigenvalue weighted by atomic mass is 10.1. The van der Waals surface area contributed by atoms with Crippen molar-refractivity contribution in [3.8, 4) is 0 Å². The van der Waals surface area contributed by atoms with Crippen molar-refractivity contribution in [3.05, 3.63) is 28.2 Å². The highest BCUT2D eigenvalue weighted by atomic mass is 35.5. The van der Waals surface area contributed by atoms with Crippen molar-refractivity contribution < 1.29 is 8.42 Å². The molecule has 3 nitrogen and oxygen atoms in total. The van der Waals surface area contributed by atoms with Crippen LogP contribution in [0.15, 0.2) is 23.1 Å². The Morgan fingerprint density at radius 2 is 1.83 bits per heavy atom. The van der Waals surface area contributed by atoms with E-state index in [4.69, 9.17) is 23.2 Å². The van der Waals surface area contributed by atoms with Gasteiger partial charge in [0, 0.05) is 6.54 Å². The van der Waals surface area contributed by atoms with Gasteiger partial charge in [-0.15, -0.1) is 0 Å². The molecule has 1 aliphatic carbocycles. The van der Waals surface area contributed by atoms with E-state index in [9.17, 15) is 8.42 Å². The summed E-state index contributed by atoms with van der Waals surface area (Å²) in [4.78, 5) is 0.162. The Hall–Kier alpha value is -0.290. The summed E-state index contributed by atoms with van der Waals surface area (Å²) in [7, 11) is -3.48. The molecule has 0 radical (unpaired) electrons. The maximum absolute atomic E-state index is 12.0. The van der Waals surface area contributed by atoms with Gasteiger partial charge in [-0.3, -0.25) is 0 Å². The average Bonchev–Trinajstić information content (AvgIpc) is 2.83. The molecule has 0 spiro atoms. The molecular formula is C12H15Cl2NO2S. The van der Waals surface area contributed by atoms with E-state index in [1.807, 2.05) is 0 Å². The Morgan fingerprint density at radius 1 is 1.17 bits per heavy atom. The highest BCUT2D eigenvalue weighted by Gasteiger charge is 2.20. The maximum atomic E-state index is 12.0. The maximum Gasteiger partial charge on any atom is 0.240 e. The summed E-state index contributed by atoms with van der Waals surface area (Å²) in [5, 5.41) is 0.604. The number of hydrogen-bond donors (Lipinski definition) is 1. The zero-order valence-electron chi connectivity index (χ0n) is 9.83. The van der Waals surface area contributed by atoms with Crippen molar-refractivity contribution in [2.75, 3.05) is 6.54 Å². The molecule has 0 bridgehead atoms. The van der Waals surface area contributed by atoms with Crippen LogP contribution >= 0.6 is 23.2 Å². The lowest BCUT2D eigenvalue weighted by Gasteiger charge is -2.11. The molecule has 1 aromatic carbocycles. The van der Waals surface area contributed by atoms with Gasteiger partial charge in [-0.05, 0) is 37.0 Å². The van der Waals surface area contributed by atoms with E-state index in [-0.39, 0.29) is 9.92 Å². The van der Waals surface area contributed by atoms with E-state index in [0.717, 1.165) is 12.8 Å². The molecule has 1 N–H and O–H groups in total. The van der Waals surface area contributed by atoms with Crippen LogP contribution in [-0.4, -0.2) is 15.0 Å². The van der Waals surface area contributed by atoms with Gasteiger partial charge < -0.3 is 0 Å². The highest BCUT2D eigenvalue weighted by molar-refractivity contribution is 7.89. The van der Waals surface area contributed by atoms with Crippen molar-refractivity contribution in [3.63, 3.8) is 0 Å². The molecule has 1 saturated carbocycles. The van der Waals surface area contributed by atoms with E-state index >= 15 is 0 Å². The summed E-state index contributed by atoms with van der Waals surface area (Å²) in [6, 6.07) is 4.33. The molecule has 0 aromatic heterocycles. The molecule has 0 atom stereocenters. The molecule has 100 valence electrons. The second kappa shape index (κ2) is 5.78. The fourth-order valence-electron chi connectivity index (χ4n) is 2.17. The average molecular weight is 308 g/mol. The predicted octanol–water partition coefficient (Wildman–Crippen LogP) is 3.46. The van der Waals surface area contributed by atoms with Crippen molar-refractivity contribution in [1.29, 1.82) is 0 Å². The zero-order valence-corrected chi connectivity index (χ0v) is 12.2. The van der Waals surface area contributed by atoms with E-state index in [1.165, 1.54) is 31.0 Å². The molecule has 0 unspecified atom stereocenters. The first-order valence-corrected chi connectivity index (χ1v) is 8.17. The van der Waals surface area contributed by atoms with Crippen LogP contribution in [0.5, 0.6) is 0 Å². The molecule has 0 aliphatic heterocycles. The second-order valence-corrected chi connectivity index (χ2v) is 7.16. The summed E-state index contributed by atoms with van der Waals surface area (Å²) in [5.74, 6) is 0.461. The van der Waals surface area contributed by atoms with Crippen molar-refractivity contribution in [2.45, 2.75) is 30.6 Å². The van der Waals surface area contributed by atoms with Crippen LogP contribution < -0.4 is 4.72 Å². The van der Waals surface area contributed by atoms with E-state index in [1.54, 1.807) is 0 Å². The second-order valence-electron chi connectivity index (χ2n) is 4.58. The Labute approximate surface area is 118 Å². The molecule has 1 aromatic rings. The Kier molecular flexibility index (Phi) is 4.54. The number of rotatable bonds is 4. The Morgan fingerprint density at radius 3 is 2.44 bits per heavy atom. The van der Waals surface area contributed by atoms with Gasteiger partial charge in [0.15, 0.2) is 0 Å². The van der Waals surface area contributed by atoms with Crippen LogP contribution in [0, 0.1) is 5.92 Å². The number of nitrogens with one attached hydrogen (secondary N) is 1. The van der Waals surface area contributed by atoms with Crippen LogP contribution in [0.2, 0.25) is 10.0 Å². The van der Waals surface area contributed by atoms with E-state index in [0.29, 0.717) is 17.5 Å². The van der Waals surface area contributed by atoms with Crippen molar-refractivity contribution in [2.24, 2.45) is 5.92 Å². The summed E-state index contributed by atoms with van der Waals surface area (Å²) in [6.45, 7) is 0.503. The summed E-state index contributed by atoms with van der Waals surface area (Å²) in [5.41, 5.74) is 0. The molecule has 1 fully saturated rings. The molecule has 6 heteroatoms. The minimum Gasteiger partial charge on any atom is -0.211 e. The molecule has 1 aliphatic rings. The van der Waals surface area contributed by atoms with Crippen molar-refractivity contribution >= 4 is 33.2 Å². The van der Waals surface area contributed by atoms with Gasteiger partial charge in [-0.2, -0.15) is 0 Å². The van der Waals surface area contributed by atoms with Crippen LogP contribution in [-0.2, 0) is 10.0 Å². The van der Waals surface area contributed by atoms with Crippen LogP contribution in [0.1, 0.15) is 25.7 Å². The first-order valence-electron chi connectivity index (χ1n) is 5.94. The molecule has 0 amide bonds. The van der Waals surface area contributed by atoms with Crippen LogP contribution in [0.3, 0.4) is 0 Å². The highest BCUT2D eigenvalue weighted by Crippen LogP contribution is 2.26. The first-order chi connectivity index (χ1) is 8.49. The quantitative estimate of drug-likeness (QED) is 0.926. The third-order valence-corrected chi connectivity index (χ3v) is 5.40. The van der Waals surface area contributed by atoms with Gasteiger partial charge in [0.1, 0.15) is 0 Å². The monoisotopic (exact) mass is 307 g/mol. The zero-order chi connectivity index (χ0) is 13.2. The molecule has 2 rings (SSSR count). The standard InChI is InChI=1S/C12H15Cl2NO2S/c13-11-6-5-10(7-12(11)14)18(16,17)15-8-9-3-1-2-4-9/h5-7,9,15H,1-4,8H2. The van der Waals surface area contributed by atoms with Crippen LogP contribution in [0.4, 0.5) is 0 Å². The Balaban J connectivity index is 2.07. The largest absolute Gasteiger partial charge is 0.240 e. The predicted molar refractivity (Wildman–Crippen MR) is 73.6 cm³/mol. The van der Waals surface area contributed by atoms with Gasteiger partial charge in [0.25, 0.3) is 0 Å². The van der Waals surface area contributed by atoms with Gasteiger partial charge in [-0.1, -0.05) is 36.0 Å². The molecule has 0 heterocycles. The minimum atomic E-state index is -3.48. The third kappa shape index (κ3) is 3.38. The number of benzene rings is 1. The SMILES string of the molecule is O=S(=O)(NCC1CCCC1)c1ccc(Cl)c(Cl)c1. The number of sulfonamides is 1. The molecular weight excluding hydrogens is 293 g/mol. The first kappa shape index (κ1) is 14.1. The summed E-state index contributed by atoms with van der Waals surface area (Å²) >= 11 is 11.6. The van der Waals surface area contributed by atoms with E-state index < -0.39 is 10.0 Å². The Bertz CT molecular complexity index is 525. The van der Waals surface area contributed by atoms with Gasteiger partial charge in [-0.25, -0.2) is 13.1 Å². The van der Waals surface area contributed by atoms with Gasteiger partial charge >= 0.3 is 0 Å². The smallest absolute Gasteiger partial charge is 0.211 e. The van der Waals surface area contributed by atoms with Crippen molar-refractivity contribution in [1.82, 2.24) is 4.72 Å².